The molecule has 114 valence electrons. The highest BCUT2D eigenvalue weighted by molar-refractivity contribution is 5.93. The summed E-state index contributed by atoms with van der Waals surface area (Å²) in [5.74, 6) is -0.182. The SMILES string of the molecule is Cc1nn(C)cc1[C@@H](C)NC(=O)c1cn2cccc(C)c2n1. The van der Waals surface area contributed by atoms with Crippen LogP contribution in [0.5, 0.6) is 0 Å². The van der Waals surface area contributed by atoms with Crippen LogP contribution in [0.4, 0.5) is 0 Å². The third-order valence-electron chi connectivity index (χ3n) is 3.78. The molecular formula is C16H19N5O. The third kappa shape index (κ3) is 2.47. The van der Waals surface area contributed by atoms with Crippen LogP contribution in [0.25, 0.3) is 5.65 Å². The maximum absolute atomic E-state index is 12.4. The Morgan fingerprint density at radius 2 is 2.09 bits per heavy atom. The lowest BCUT2D eigenvalue weighted by Crippen LogP contribution is -2.27. The molecule has 0 aliphatic carbocycles. The summed E-state index contributed by atoms with van der Waals surface area (Å²) < 4.78 is 3.62. The maximum atomic E-state index is 12.4. The molecule has 0 bridgehead atoms. The first-order valence-electron chi connectivity index (χ1n) is 7.21. The van der Waals surface area contributed by atoms with Crippen molar-refractivity contribution in [3.63, 3.8) is 0 Å². The largest absolute Gasteiger partial charge is 0.344 e. The molecule has 1 N–H and O–H groups in total. The first-order valence-corrected chi connectivity index (χ1v) is 7.21. The molecule has 3 heterocycles. The Kier molecular flexibility index (Phi) is 3.44. The zero-order valence-electron chi connectivity index (χ0n) is 13.2. The van der Waals surface area contributed by atoms with E-state index >= 15 is 0 Å². The van der Waals surface area contributed by atoms with Gasteiger partial charge in [-0.05, 0) is 32.4 Å². The normalized spacial score (nSPS) is 12.5. The first kappa shape index (κ1) is 14.3. The van der Waals surface area contributed by atoms with E-state index in [-0.39, 0.29) is 11.9 Å². The van der Waals surface area contributed by atoms with Crippen LogP contribution in [0.2, 0.25) is 0 Å². The molecule has 0 aromatic carbocycles. The van der Waals surface area contributed by atoms with E-state index in [9.17, 15) is 4.79 Å². The molecule has 0 spiro atoms. The van der Waals surface area contributed by atoms with Gasteiger partial charge in [0.05, 0.1) is 11.7 Å². The average Bonchev–Trinajstić information content (AvgIpc) is 3.03. The Balaban J connectivity index is 1.84. The summed E-state index contributed by atoms with van der Waals surface area (Å²) in [6, 6.07) is 3.80. The van der Waals surface area contributed by atoms with Crippen molar-refractivity contribution in [2.24, 2.45) is 7.05 Å². The molecule has 6 heteroatoms. The van der Waals surface area contributed by atoms with Crippen LogP contribution >= 0.6 is 0 Å². The Hall–Kier alpha value is -2.63. The molecule has 3 aromatic rings. The number of aryl methyl sites for hydroxylation is 3. The van der Waals surface area contributed by atoms with Gasteiger partial charge in [-0.2, -0.15) is 5.10 Å². The molecule has 0 saturated heterocycles. The van der Waals surface area contributed by atoms with Crippen molar-refractivity contribution in [1.29, 1.82) is 0 Å². The van der Waals surface area contributed by atoms with Crippen molar-refractivity contribution < 1.29 is 4.79 Å². The summed E-state index contributed by atoms with van der Waals surface area (Å²) in [5, 5.41) is 7.28. The van der Waals surface area contributed by atoms with Gasteiger partial charge in [0, 0.05) is 31.2 Å². The molecule has 6 nitrogen and oxygen atoms in total. The molecule has 1 atom stereocenters. The quantitative estimate of drug-likeness (QED) is 0.806. The summed E-state index contributed by atoms with van der Waals surface area (Å²) in [7, 11) is 1.87. The number of nitrogens with zero attached hydrogens (tertiary/aromatic N) is 4. The first-order chi connectivity index (χ1) is 10.5. The van der Waals surface area contributed by atoms with E-state index in [1.807, 2.05) is 56.7 Å². The maximum Gasteiger partial charge on any atom is 0.271 e. The highest BCUT2D eigenvalue weighted by Gasteiger charge is 2.17. The average molecular weight is 297 g/mol. The van der Waals surface area contributed by atoms with E-state index in [0.29, 0.717) is 5.69 Å². The topological polar surface area (TPSA) is 64.2 Å². The predicted molar refractivity (Wildman–Crippen MR) is 83.8 cm³/mol. The molecule has 0 aliphatic rings. The molecule has 0 saturated carbocycles. The summed E-state index contributed by atoms with van der Waals surface area (Å²) in [5.41, 5.74) is 4.19. The number of rotatable bonds is 3. The second kappa shape index (κ2) is 5.29. The number of aromatic nitrogens is 4. The second-order valence-corrected chi connectivity index (χ2v) is 5.59. The highest BCUT2D eigenvalue weighted by Crippen LogP contribution is 2.16. The molecule has 3 rings (SSSR count). The van der Waals surface area contributed by atoms with E-state index in [1.54, 1.807) is 10.9 Å². The molecular weight excluding hydrogens is 278 g/mol. The van der Waals surface area contributed by atoms with Gasteiger partial charge in [-0.3, -0.25) is 9.48 Å². The number of amides is 1. The third-order valence-corrected chi connectivity index (χ3v) is 3.78. The van der Waals surface area contributed by atoms with Crippen LogP contribution in [-0.4, -0.2) is 25.1 Å². The minimum absolute atomic E-state index is 0.118. The smallest absolute Gasteiger partial charge is 0.271 e. The van der Waals surface area contributed by atoms with Crippen molar-refractivity contribution in [2.45, 2.75) is 26.8 Å². The fourth-order valence-corrected chi connectivity index (χ4v) is 2.65. The van der Waals surface area contributed by atoms with Gasteiger partial charge in [-0.15, -0.1) is 0 Å². The zero-order valence-corrected chi connectivity index (χ0v) is 13.2. The van der Waals surface area contributed by atoms with Gasteiger partial charge in [0.1, 0.15) is 11.3 Å². The molecule has 0 unspecified atom stereocenters. The van der Waals surface area contributed by atoms with Crippen molar-refractivity contribution >= 4 is 11.6 Å². The van der Waals surface area contributed by atoms with Crippen molar-refractivity contribution in [3.8, 4) is 0 Å². The summed E-state index contributed by atoms with van der Waals surface area (Å²) in [4.78, 5) is 16.8. The van der Waals surface area contributed by atoms with Crippen molar-refractivity contribution in [2.75, 3.05) is 0 Å². The second-order valence-electron chi connectivity index (χ2n) is 5.59. The van der Waals surface area contributed by atoms with Gasteiger partial charge >= 0.3 is 0 Å². The van der Waals surface area contributed by atoms with Crippen LogP contribution in [0.15, 0.2) is 30.7 Å². The van der Waals surface area contributed by atoms with Crippen LogP contribution < -0.4 is 5.32 Å². The number of imidazole rings is 1. The Labute approximate surface area is 128 Å². The number of hydrogen-bond donors (Lipinski definition) is 1. The van der Waals surface area contributed by atoms with Crippen molar-refractivity contribution in [3.05, 3.63) is 53.2 Å². The number of hydrogen-bond acceptors (Lipinski definition) is 3. The van der Waals surface area contributed by atoms with E-state index in [4.69, 9.17) is 0 Å². The fourth-order valence-electron chi connectivity index (χ4n) is 2.65. The number of fused-ring (bicyclic) bond motifs is 1. The summed E-state index contributed by atoms with van der Waals surface area (Å²) >= 11 is 0. The number of nitrogens with one attached hydrogen (secondary N) is 1. The van der Waals surface area contributed by atoms with Gasteiger partial charge in [0.25, 0.3) is 5.91 Å². The molecule has 22 heavy (non-hydrogen) atoms. The van der Waals surface area contributed by atoms with Crippen LogP contribution in [0.1, 0.15) is 40.3 Å². The summed E-state index contributed by atoms with van der Waals surface area (Å²) in [6.45, 7) is 5.86. The number of pyridine rings is 1. The van der Waals surface area contributed by atoms with E-state index in [0.717, 1.165) is 22.5 Å². The van der Waals surface area contributed by atoms with Gasteiger partial charge < -0.3 is 9.72 Å². The van der Waals surface area contributed by atoms with Crippen LogP contribution in [-0.2, 0) is 7.05 Å². The van der Waals surface area contributed by atoms with Gasteiger partial charge in [-0.25, -0.2) is 4.98 Å². The molecule has 0 aliphatic heterocycles. The predicted octanol–water partition coefficient (Wildman–Crippen LogP) is 2.18. The number of carbonyl (C=O) groups is 1. The minimum Gasteiger partial charge on any atom is -0.344 e. The van der Waals surface area contributed by atoms with Crippen LogP contribution in [0.3, 0.4) is 0 Å². The lowest BCUT2D eigenvalue weighted by Gasteiger charge is -2.11. The van der Waals surface area contributed by atoms with Gasteiger partial charge in [-0.1, -0.05) is 6.07 Å². The number of carbonyl (C=O) groups excluding carboxylic acids is 1. The Morgan fingerprint density at radius 3 is 2.73 bits per heavy atom. The van der Waals surface area contributed by atoms with E-state index in [1.165, 1.54) is 0 Å². The molecule has 0 radical (unpaired) electrons. The Morgan fingerprint density at radius 1 is 1.32 bits per heavy atom. The lowest BCUT2D eigenvalue weighted by atomic mass is 10.1. The fraction of sp³-hybridized carbons (Fsp3) is 0.312. The molecule has 0 fully saturated rings. The lowest BCUT2D eigenvalue weighted by molar-refractivity contribution is 0.0935. The zero-order chi connectivity index (χ0) is 15.9. The molecule has 3 aromatic heterocycles. The van der Waals surface area contributed by atoms with Crippen molar-refractivity contribution in [1.82, 2.24) is 24.5 Å². The van der Waals surface area contributed by atoms with Crippen LogP contribution in [0, 0.1) is 13.8 Å². The highest BCUT2D eigenvalue weighted by atomic mass is 16.2. The Bertz CT molecular complexity index is 845. The van der Waals surface area contributed by atoms with E-state index in [2.05, 4.69) is 15.4 Å². The molecule has 1 amide bonds. The van der Waals surface area contributed by atoms with Gasteiger partial charge in [0.2, 0.25) is 0 Å². The summed E-state index contributed by atoms with van der Waals surface area (Å²) in [6.07, 6.45) is 5.56. The van der Waals surface area contributed by atoms with Gasteiger partial charge in [0.15, 0.2) is 0 Å². The standard InChI is InChI=1S/C16H19N5O/c1-10-6-5-7-21-9-14(18-15(10)21)16(22)17-11(2)13-8-20(4)19-12(13)3/h5-9,11H,1-4H3,(H,17,22)/t11-/m1/s1. The minimum atomic E-state index is -0.182. The monoisotopic (exact) mass is 297 g/mol. The van der Waals surface area contributed by atoms with E-state index < -0.39 is 0 Å².